The second kappa shape index (κ2) is 6.76. The number of carbonyl (C=O) groups is 1. The van der Waals surface area contributed by atoms with Gasteiger partial charge in [-0.3, -0.25) is 4.79 Å². The summed E-state index contributed by atoms with van der Waals surface area (Å²) in [6.07, 6.45) is -1.50. The maximum absolute atomic E-state index is 12.7. The molecule has 0 unspecified atom stereocenters. The van der Waals surface area contributed by atoms with Crippen LogP contribution in [0.15, 0.2) is 48.8 Å². The highest BCUT2D eigenvalue weighted by Crippen LogP contribution is 2.29. The lowest BCUT2D eigenvalue weighted by Crippen LogP contribution is -2.26. The Morgan fingerprint density at radius 1 is 1.16 bits per heavy atom. The molecule has 0 aliphatic rings. The monoisotopic (exact) mass is 367 g/mol. The molecule has 0 atom stereocenters. The summed E-state index contributed by atoms with van der Waals surface area (Å²) >= 11 is 5.95. The number of imidazole rings is 1. The van der Waals surface area contributed by atoms with Crippen LogP contribution >= 0.6 is 11.6 Å². The molecule has 2 heterocycles. The molecule has 0 saturated heterocycles. The third kappa shape index (κ3) is 3.93. The van der Waals surface area contributed by atoms with Gasteiger partial charge in [-0.2, -0.15) is 13.2 Å². The molecule has 3 aromatic rings. The molecule has 3 rings (SSSR count). The van der Waals surface area contributed by atoms with Crippen LogP contribution < -0.4 is 5.32 Å². The summed E-state index contributed by atoms with van der Waals surface area (Å²) in [5.74, 6) is -0.311. The number of hydrogen-bond acceptors (Lipinski definition) is 2. The SMILES string of the molecule is O=C(NCCc1cn2cc(C(F)(F)F)ccc2n1)c1ccccc1Cl. The molecule has 8 heteroatoms. The lowest BCUT2D eigenvalue weighted by atomic mass is 10.2. The van der Waals surface area contributed by atoms with Crippen molar-refractivity contribution in [3.8, 4) is 0 Å². The molecular weight excluding hydrogens is 355 g/mol. The number of fused-ring (bicyclic) bond motifs is 1. The normalized spacial score (nSPS) is 11.7. The van der Waals surface area contributed by atoms with Crippen molar-refractivity contribution in [3.05, 3.63) is 70.6 Å². The van der Waals surface area contributed by atoms with E-state index in [2.05, 4.69) is 10.3 Å². The van der Waals surface area contributed by atoms with E-state index in [1.165, 1.54) is 16.7 Å². The van der Waals surface area contributed by atoms with Crippen LogP contribution in [-0.4, -0.2) is 21.8 Å². The van der Waals surface area contributed by atoms with Crippen LogP contribution in [0.4, 0.5) is 13.2 Å². The van der Waals surface area contributed by atoms with Gasteiger partial charge in [0.05, 0.1) is 21.8 Å². The maximum atomic E-state index is 12.7. The van der Waals surface area contributed by atoms with Crippen molar-refractivity contribution in [1.29, 1.82) is 0 Å². The van der Waals surface area contributed by atoms with Gasteiger partial charge in [0.15, 0.2) is 0 Å². The first-order valence-corrected chi connectivity index (χ1v) is 7.80. The first-order chi connectivity index (χ1) is 11.8. The number of nitrogens with one attached hydrogen (secondary N) is 1. The van der Waals surface area contributed by atoms with Crippen LogP contribution in [0.25, 0.3) is 5.65 Å². The van der Waals surface area contributed by atoms with E-state index in [0.717, 1.165) is 12.3 Å². The van der Waals surface area contributed by atoms with Gasteiger partial charge < -0.3 is 9.72 Å². The average Bonchev–Trinajstić information content (AvgIpc) is 2.96. The quantitative estimate of drug-likeness (QED) is 0.758. The van der Waals surface area contributed by atoms with Gasteiger partial charge >= 0.3 is 6.18 Å². The Morgan fingerprint density at radius 3 is 2.64 bits per heavy atom. The molecule has 25 heavy (non-hydrogen) atoms. The van der Waals surface area contributed by atoms with Crippen LogP contribution in [-0.2, 0) is 12.6 Å². The Morgan fingerprint density at radius 2 is 1.92 bits per heavy atom. The third-order valence-corrected chi connectivity index (χ3v) is 3.94. The number of rotatable bonds is 4. The third-order valence-electron chi connectivity index (χ3n) is 3.61. The summed E-state index contributed by atoms with van der Waals surface area (Å²) in [6, 6.07) is 8.98. The summed E-state index contributed by atoms with van der Waals surface area (Å²) in [7, 11) is 0. The van der Waals surface area contributed by atoms with Crippen molar-refractivity contribution in [2.24, 2.45) is 0 Å². The highest BCUT2D eigenvalue weighted by atomic mass is 35.5. The van der Waals surface area contributed by atoms with E-state index >= 15 is 0 Å². The van der Waals surface area contributed by atoms with Crippen LogP contribution in [0.5, 0.6) is 0 Å². The van der Waals surface area contributed by atoms with Crippen molar-refractivity contribution in [2.75, 3.05) is 6.54 Å². The average molecular weight is 368 g/mol. The number of benzene rings is 1. The zero-order chi connectivity index (χ0) is 18.0. The summed E-state index contributed by atoms with van der Waals surface area (Å²) in [4.78, 5) is 16.3. The minimum atomic E-state index is -4.40. The van der Waals surface area contributed by atoms with Gasteiger partial charge in [-0.25, -0.2) is 4.98 Å². The number of nitrogens with zero attached hydrogens (tertiary/aromatic N) is 2. The van der Waals surface area contributed by atoms with E-state index in [9.17, 15) is 18.0 Å². The molecule has 1 amide bonds. The summed E-state index contributed by atoms with van der Waals surface area (Å²) in [5, 5.41) is 3.07. The highest BCUT2D eigenvalue weighted by Gasteiger charge is 2.30. The smallest absolute Gasteiger partial charge is 0.352 e. The zero-order valence-corrected chi connectivity index (χ0v) is 13.6. The molecule has 1 aromatic carbocycles. The fourth-order valence-corrected chi connectivity index (χ4v) is 2.60. The minimum absolute atomic E-state index is 0.292. The van der Waals surface area contributed by atoms with Gasteiger partial charge in [0.2, 0.25) is 0 Å². The summed E-state index contributed by atoms with van der Waals surface area (Å²) in [6.45, 7) is 0.292. The number of hydrogen-bond donors (Lipinski definition) is 1. The topological polar surface area (TPSA) is 46.4 Å². The Balaban J connectivity index is 1.65. The molecule has 0 spiro atoms. The van der Waals surface area contributed by atoms with Crippen molar-refractivity contribution in [2.45, 2.75) is 12.6 Å². The first kappa shape index (κ1) is 17.3. The van der Waals surface area contributed by atoms with Crippen molar-refractivity contribution < 1.29 is 18.0 Å². The van der Waals surface area contributed by atoms with Crippen LogP contribution in [0.2, 0.25) is 5.02 Å². The molecule has 1 N–H and O–H groups in total. The van der Waals surface area contributed by atoms with E-state index in [4.69, 9.17) is 11.6 Å². The van der Waals surface area contributed by atoms with Gasteiger partial charge in [-0.05, 0) is 24.3 Å². The Bertz CT molecular complexity index is 921. The molecule has 0 aliphatic heterocycles. The second-order valence-corrected chi connectivity index (χ2v) is 5.81. The van der Waals surface area contributed by atoms with Crippen LogP contribution in [0.1, 0.15) is 21.6 Å². The van der Waals surface area contributed by atoms with E-state index in [1.54, 1.807) is 24.3 Å². The summed E-state index contributed by atoms with van der Waals surface area (Å²) in [5.41, 5.74) is 0.629. The Labute approximate surface area is 146 Å². The number of carbonyl (C=O) groups excluding carboxylic acids is 1. The highest BCUT2D eigenvalue weighted by molar-refractivity contribution is 6.33. The molecule has 0 fully saturated rings. The predicted octanol–water partition coefficient (Wildman–Crippen LogP) is 3.98. The summed E-state index contributed by atoms with van der Waals surface area (Å²) < 4.78 is 39.5. The molecule has 0 radical (unpaired) electrons. The molecule has 0 aliphatic carbocycles. The van der Waals surface area contributed by atoms with Gasteiger partial charge in [-0.15, -0.1) is 0 Å². The molecule has 130 valence electrons. The molecule has 4 nitrogen and oxygen atoms in total. The maximum Gasteiger partial charge on any atom is 0.417 e. The van der Waals surface area contributed by atoms with E-state index < -0.39 is 11.7 Å². The van der Waals surface area contributed by atoms with Gasteiger partial charge in [0, 0.05) is 25.4 Å². The molecule has 0 bridgehead atoms. The standard InChI is InChI=1S/C17H13ClF3N3O/c18-14-4-2-1-3-13(14)16(25)22-8-7-12-10-24-9-11(17(19,20)21)5-6-15(24)23-12/h1-6,9-10H,7-8H2,(H,22,25). The number of aromatic nitrogens is 2. The van der Waals surface area contributed by atoms with Gasteiger partial charge in [0.25, 0.3) is 5.91 Å². The Kier molecular flexibility index (Phi) is 4.67. The van der Waals surface area contributed by atoms with Crippen molar-refractivity contribution in [3.63, 3.8) is 0 Å². The molecule has 0 saturated carbocycles. The largest absolute Gasteiger partial charge is 0.417 e. The molecule has 2 aromatic heterocycles. The fourth-order valence-electron chi connectivity index (χ4n) is 2.38. The fraction of sp³-hybridized carbons (Fsp3) is 0.176. The minimum Gasteiger partial charge on any atom is -0.352 e. The van der Waals surface area contributed by atoms with E-state index in [0.29, 0.717) is 34.9 Å². The first-order valence-electron chi connectivity index (χ1n) is 7.42. The van der Waals surface area contributed by atoms with Crippen LogP contribution in [0.3, 0.4) is 0 Å². The van der Waals surface area contributed by atoms with Crippen molar-refractivity contribution in [1.82, 2.24) is 14.7 Å². The lowest BCUT2D eigenvalue weighted by Gasteiger charge is -2.06. The van der Waals surface area contributed by atoms with E-state index in [-0.39, 0.29) is 5.91 Å². The number of pyridine rings is 1. The van der Waals surface area contributed by atoms with Crippen molar-refractivity contribution >= 4 is 23.2 Å². The van der Waals surface area contributed by atoms with E-state index in [1.807, 2.05) is 0 Å². The number of halogens is 4. The zero-order valence-electron chi connectivity index (χ0n) is 12.8. The Hall–Kier alpha value is -2.54. The molecular formula is C17H13ClF3N3O. The predicted molar refractivity (Wildman–Crippen MR) is 87.7 cm³/mol. The lowest BCUT2D eigenvalue weighted by molar-refractivity contribution is -0.137. The number of alkyl halides is 3. The second-order valence-electron chi connectivity index (χ2n) is 5.40. The number of amides is 1. The van der Waals surface area contributed by atoms with Gasteiger partial charge in [-0.1, -0.05) is 23.7 Å². The van der Waals surface area contributed by atoms with Crippen LogP contribution in [0, 0.1) is 0 Å². The van der Waals surface area contributed by atoms with Gasteiger partial charge in [0.1, 0.15) is 5.65 Å².